The molecule has 0 amide bonds. The minimum atomic E-state index is -0.0457. The predicted molar refractivity (Wildman–Crippen MR) is 133 cm³/mol. The summed E-state index contributed by atoms with van der Waals surface area (Å²) >= 11 is 6.29. The van der Waals surface area contributed by atoms with E-state index in [1.807, 2.05) is 34.9 Å². The second-order valence-corrected chi connectivity index (χ2v) is 9.51. The molecule has 0 bridgehead atoms. The number of benzene rings is 3. The zero-order chi connectivity index (χ0) is 23.2. The summed E-state index contributed by atoms with van der Waals surface area (Å²) in [5.74, 6) is 1.56. The minimum Gasteiger partial charge on any atom is -0.493 e. The summed E-state index contributed by atoms with van der Waals surface area (Å²) in [4.78, 5) is 2.52. The monoisotopic (exact) mass is 474 g/mol. The summed E-state index contributed by atoms with van der Waals surface area (Å²) in [6.07, 6.45) is 1.85. The standard InChI is InChI=1S/C28H27ClN2O3/c1-33-27-11-19-9-10-30-15-26-23(21-8-7-20(29)12-25(21)31(26)17-32)13-24(30)22(19)14-28(27)34-16-18-5-3-2-4-6-18/h2-8,11-12,14,24,32H,9-10,13,15-17H2,1H3. The van der Waals surface area contributed by atoms with E-state index in [0.29, 0.717) is 11.6 Å². The van der Waals surface area contributed by atoms with Crippen LogP contribution >= 0.6 is 11.6 Å². The molecule has 2 aliphatic rings. The molecule has 0 spiro atoms. The summed E-state index contributed by atoms with van der Waals surface area (Å²) in [6.45, 7) is 2.23. The number of methoxy groups -OCH3 is 1. The second-order valence-electron chi connectivity index (χ2n) is 9.07. The van der Waals surface area contributed by atoms with Crippen LogP contribution in [-0.2, 0) is 32.7 Å². The number of aliphatic hydroxyl groups is 1. The molecule has 1 aromatic heterocycles. The van der Waals surface area contributed by atoms with Gasteiger partial charge in [-0.2, -0.15) is 0 Å². The average Bonchev–Trinajstić information content (AvgIpc) is 3.17. The molecule has 34 heavy (non-hydrogen) atoms. The molecule has 0 saturated carbocycles. The van der Waals surface area contributed by atoms with Crippen molar-refractivity contribution in [2.75, 3.05) is 13.7 Å². The molecule has 6 heteroatoms. The molecule has 4 aromatic rings. The zero-order valence-electron chi connectivity index (χ0n) is 19.1. The number of ether oxygens (including phenoxy) is 2. The first kappa shape index (κ1) is 21.5. The number of aliphatic hydroxyl groups excluding tert-OH is 1. The van der Waals surface area contributed by atoms with E-state index in [2.05, 4.69) is 35.2 Å². The molecule has 5 nitrogen and oxygen atoms in total. The van der Waals surface area contributed by atoms with E-state index in [0.717, 1.165) is 48.5 Å². The molecule has 1 unspecified atom stereocenters. The Labute approximate surface area is 204 Å². The lowest BCUT2D eigenvalue weighted by atomic mass is 9.85. The van der Waals surface area contributed by atoms with Gasteiger partial charge < -0.3 is 19.1 Å². The van der Waals surface area contributed by atoms with Gasteiger partial charge in [0, 0.05) is 35.2 Å². The van der Waals surface area contributed by atoms with Gasteiger partial charge in [-0.25, -0.2) is 0 Å². The van der Waals surface area contributed by atoms with Crippen molar-refractivity contribution in [1.29, 1.82) is 0 Å². The maximum absolute atomic E-state index is 10.1. The van der Waals surface area contributed by atoms with Gasteiger partial charge >= 0.3 is 0 Å². The molecule has 3 heterocycles. The van der Waals surface area contributed by atoms with Crippen LogP contribution in [0.4, 0.5) is 0 Å². The summed E-state index contributed by atoms with van der Waals surface area (Å²) in [5, 5.41) is 12.0. The quantitative estimate of drug-likeness (QED) is 0.415. The van der Waals surface area contributed by atoms with Crippen molar-refractivity contribution in [2.45, 2.75) is 38.8 Å². The van der Waals surface area contributed by atoms with Gasteiger partial charge in [0.15, 0.2) is 11.5 Å². The minimum absolute atomic E-state index is 0.0457. The third kappa shape index (κ3) is 3.56. The highest BCUT2D eigenvalue weighted by molar-refractivity contribution is 6.31. The van der Waals surface area contributed by atoms with Crippen molar-refractivity contribution in [3.63, 3.8) is 0 Å². The van der Waals surface area contributed by atoms with Crippen LogP contribution < -0.4 is 9.47 Å². The first-order chi connectivity index (χ1) is 16.7. The van der Waals surface area contributed by atoms with E-state index in [4.69, 9.17) is 21.1 Å². The number of halogens is 1. The Hall–Kier alpha value is -2.99. The van der Waals surface area contributed by atoms with Crippen molar-refractivity contribution < 1.29 is 14.6 Å². The fourth-order valence-electron chi connectivity index (χ4n) is 5.60. The van der Waals surface area contributed by atoms with Crippen LogP contribution in [0.15, 0.2) is 60.7 Å². The van der Waals surface area contributed by atoms with E-state index < -0.39 is 0 Å². The number of hydrogen-bond donors (Lipinski definition) is 1. The first-order valence-corrected chi connectivity index (χ1v) is 12.1. The highest BCUT2D eigenvalue weighted by Gasteiger charge is 2.36. The number of fused-ring (bicyclic) bond motifs is 6. The molecule has 0 fully saturated rings. The summed E-state index contributed by atoms with van der Waals surface area (Å²) in [6, 6.07) is 20.8. The third-order valence-electron chi connectivity index (χ3n) is 7.27. The number of hydrogen-bond acceptors (Lipinski definition) is 4. The summed E-state index contributed by atoms with van der Waals surface area (Å²) < 4.78 is 13.9. The lowest BCUT2D eigenvalue weighted by molar-refractivity contribution is 0.145. The molecular weight excluding hydrogens is 448 g/mol. The molecule has 1 N–H and O–H groups in total. The maximum atomic E-state index is 10.1. The fourth-order valence-corrected chi connectivity index (χ4v) is 5.77. The SMILES string of the molecule is COc1cc2c(cc1OCc1ccccc1)C1Cc3c(n(CO)c4cc(Cl)ccc34)CN1CC2. The smallest absolute Gasteiger partial charge is 0.162 e. The van der Waals surface area contributed by atoms with Gasteiger partial charge in [-0.15, -0.1) is 0 Å². The van der Waals surface area contributed by atoms with E-state index in [-0.39, 0.29) is 12.8 Å². The van der Waals surface area contributed by atoms with Gasteiger partial charge in [0.25, 0.3) is 0 Å². The molecule has 6 rings (SSSR count). The van der Waals surface area contributed by atoms with Crippen molar-refractivity contribution >= 4 is 22.5 Å². The van der Waals surface area contributed by atoms with Crippen LogP contribution in [0.3, 0.4) is 0 Å². The number of nitrogens with zero attached hydrogens (tertiary/aromatic N) is 2. The van der Waals surface area contributed by atoms with Crippen LogP contribution in [0.1, 0.15) is 34.0 Å². The Morgan fingerprint density at radius 2 is 1.91 bits per heavy atom. The van der Waals surface area contributed by atoms with E-state index >= 15 is 0 Å². The molecule has 174 valence electrons. The average molecular weight is 475 g/mol. The van der Waals surface area contributed by atoms with E-state index in [1.165, 1.54) is 27.8 Å². The highest BCUT2D eigenvalue weighted by Crippen LogP contribution is 2.45. The maximum Gasteiger partial charge on any atom is 0.162 e. The Balaban J connectivity index is 1.39. The van der Waals surface area contributed by atoms with Crippen molar-refractivity contribution in [3.05, 3.63) is 93.6 Å². The van der Waals surface area contributed by atoms with Crippen molar-refractivity contribution in [2.24, 2.45) is 0 Å². The van der Waals surface area contributed by atoms with Crippen molar-refractivity contribution in [1.82, 2.24) is 9.47 Å². The second kappa shape index (κ2) is 8.66. The van der Waals surface area contributed by atoms with Crippen LogP contribution in [-0.4, -0.2) is 28.2 Å². The van der Waals surface area contributed by atoms with Crippen LogP contribution in [0.2, 0.25) is 5.02 Å². The predicted octanol–water partition coefficient (Wildman–Crippen LogP) is 5.49. The first-order valence-electron chi connectivity index (χ1n) is 11.7. The van der Waals surface area contributed by atoms with Crippen LogP contribution in [0, 0.1) is 0 Å². The van der Waals surface area contributed by atoms with Gasteiger partial charge in [-0.3, -0.25) is 4.90 Å². The Morgan fingerprint density at radius 1 is 1.06 bits per heavy atom. The lowest BCUT2D eigenvalue weighted by Crippen LogP contribution is -2.39. The fraction of sp³-hybridized carbons (Fsp3) is 0.286. The van der Waals surface area contributed by atoms with E-state index in [9.17, 15) is 5.11 Å². The molecule has 0 saturated heterocycles. The largest absolute Gasteiger partial charge is 0.493 e. The van der Waals surface area contributed by atoms with Gasteiger partial charge in [-0.1, -0.05) is 48.0 Å². The Kier molecular flexibility index (Phi) is 5.48. The molecule has 1 atom stereocenters. The summed E-state index contributed by atoms with van der Waals surface area (Å²) in [5.41, 5.74) is 7.25. The molecule has 2 aliphatic heterocycles. The van der Waals surface area contributed by atoms with Gasteiger partial charge in [0.1, 0.15) is 13.3 Å². The molecule has 0 radical (unpaired) electrons. The number of aromatic nitrogens is 1. The molecule has 3 aromatic carbocycles. The van der Waals surface area contributed by atoms with Crippen LogP contribution in [0.5, 0.6) is 11.5 Å². The summed E-state index contributed by atoms with van der Waals surface area (Å²) in [7, 11) is 1.70. The lowest BCUT2D eigenvalue weighted by Gasteiger charge is -2.41. The zero-order valence-corrected chi connectivity index (χ0v) is 19.9. The van der Waals surface area contributed by atoms with Gasteiger partial charge in [0.05, 0.1) is 12.6 Å². The van der Waals surface area contributed by atoms with E-state index in [1.54, 1.807) is 7.11 Å². The molecular formula is C28H27ClN2O3. The van der Waals surface area contributed by atoms with Gasteiger partial charge in [-0.05, 0) is 59.4 Å². The normalized spacial score (nSPS) is 17.2. The van der Waals surface area contributed by atoms with Gasteiger partial charge in [0.2, 0.25) is 0 Å². The number of rotatable bonds is 5. The topological polar surface area (TPSA) is 46.9 Å². The Morgan fingerprint density at radius 3 is 2.71 bits per heavy atom. The highest BCUT2D eigenvalue weighted by atomic mass is 35.5. The van der Waals surface area contributed by atoms with Crippen LogP contribution in [0.25, 0.3) is 10.9 Å². The van der Waals surface area contributed by atoms with Crippen molar-refractivity contribution in [3.8, 4) is 11.5 Å². The molecule has 0 aliphatic carbocycles. The Bertz CT molecular complexity index is 1370. The third-order valence-corrected chi connectivity index (χ3v) is 7.51.